The summed E-state index contributed by atoms with van der Waals surface area (Å²) in [6, 6.07) is 0. The van der Waals surface area contributed by atoms with E-state index in [2.05, 4.69) is 46.9 Å². The third-order valence-electron chi connectivity index (χ3n) is 4.05. The fourth-order valence-electron chi connectivity index (χ4n) is 1.59. The summed E-state index contributed by atoms with van der Waals surface area (Å²) in [4.78, 5) is 0. The number of hydrogen-bond donors (Lipinski definition) is 0. The molecule has 0 spiro atoms. The number of hydrogen-bond acceptors (Lipinski definition) is 2. The van der Waals surface area contributed by atoms with Crippen LogP contribution in [0.5, 0.6) is 0 Å². The molecule has 0 saturated heterocycles. The van der Waals surface area contributed by atoms with E-state index in [1.165, 1.54) is 19.3 Å². The smallest absolute Gasteiger partial charge is 0.191 e. The van der Waals surface area contributed by atoms with Gasteiger partial charge in [0.25, 0.3) is 0 Å². The molecule has 0 aliphatic carbocycles. The van der Waals surface area contributed by atoms with E-state index >= 15 is 0 Å². The summed E-state index contributed by atoms with van der Waals surface area (Å²) in [6.45, 7) is 14.5. The molecule has 0 radical (unpaired) electrons. The molecule has 0 aliphatic rings. The Morgan fingerprint density at radius 3 is 2.26 bits per heavy atom. The average Bonchev–Trinajstić information content (AvgIpc) is 2.31. The second kappa shape index (κ2) is 8.80. The van der Waals surface area contributed by atoms with Crippen LogP contribution in [0.1, 0.15) is 59.8 Å². The molecule has 0 bridgehead atoms. The van der Waals surface area contributed by atoms with Crippen LogP contribution in [0.3, 0.4) is 0 Å². The first-order valence-electron chi connectivity index (χ1n) is 7.61. The molecule has 0 aromatic rings. The minimum atomic E-state index is -1.59. The zero-order valence-electron chi connectivity index (χ0n) is 14.1. The van der Waals surface area contributed by atoms with Crippen LogP contribution in [-0.2, 0) is 9.16 Å². The molecule has 0 atom stereocenters. The van der Waals surface area contributed by atoms with Crippen molar-refractivity contribution in [2.75, 3.05) is 13.7 Å². The fourth-order valence-corrected chi connectivity index (χ4v) is 2.65. The van der Waals surface area contributed by atoms with Crippen LogP contribution in [0.15, 0.2) is 11.8 Å². The number of unbranched alkanes of at least 4 members (excludes halogenated alkanes) is 2. The second-order valence-corrected chi connectivity index (χ2v) is 11.5. The maximum atomic E-state index is 6.15. The Balaban J connectivity index is 4.05. The highest BCUT2D eigenvalue weighted by Gasteiger charge is 2.36. The monoisotopic (exact) mass is 286 g/mol. The van der Waals surface area contributed by atoms with Crippen molar-refractivity contribution in [3.8, 4) is 0 Å². The van der Waals surface area contributed by atoms with Crippen molar-refractivity contribution in [3.05, 3.63) is 11.8 Å². The summed E-state index contributed by atoms with van der Waals surface area (Å²) in [6.07, 6.45) is 7.97. The topological polar surface area (TPSA) is 18.5 Å². The number of ether oxygens (including phenoxy) is 1. The maximum Gasteiger partial charge on any atom is 0.191 e. The van der Waals surface area contributed by atoms with E-state index < -0.39 is 8.32 Å². The third-order valence-corrected chi connectivity index (χ3v) is 8.59. The fraction of sp³-hybridized carbons (Fsp3) is 0.875. The second-order valence-electron chi connectivity index (χ2n) is 6.73. The third kappa shape index (κ3) is 7.78. The number of methoxy groups -OCH3 is 1. The van der Waals surface area contributed by atoms with Crippen LogP contribution < -0.4 is 0 Å². The molecule has 0 unspecified atom stereocenters. The van der Waals surface area contributed by atoms with Gasteiger partial charge in [-0.3, -0.25) is 0 Å². The average molecular weight is 287 g/mol. The van der Waals surface area contributed by atoms with Crippen molar-refractivity contribution < 1.29 is 9.16 Å². The van der Waals surface area contributed by atoms with Gasteiger partial charge in [-0.15, -0.1) is 0 Å². The van der Waals surface area contributed by atoms with Crippen LogP contribution in [0.2, 0.25) is 18.1 Å². The summed E-state index contributed by atoms with van der Waals surface area (Å²) >= 11 is 0. The molecule has 114 valence electrons. The van der Waals surface area contributed by atoms with Gasteiger partial charge in [0, 0.05) is 13.0 Å². The summed E-state index contributed by atoms with van der Waals surface area (Å²) < 4.78 is 11.6. The summed E-state index contributed by atoms with van der Waals surface area (Å²) in [5.41, 5.74) is 0. The molecule has 0 heterocycles. The van der Waals surface area contributed by atoms with E-state index in [-0.39, 0.29) is 0 Å². The van der Waals surface area contributed by atoms with Crippen LogP contribution in [-0.4, -0.2) is 22.0 Å². The van der Waals surface area contributed by atoms with Crippen molar-refractivity contribution in [1.82, 2.24) is 0 Å². The molecule has 3 heteroatoms. The van der Waals surface area contributed by atoms with Crippen LogP contribution in [0.25, 0.3) is 0 Å². The standard InChI is InChI=1S/C16H34O2Si/c1-8-9-10-12-15(17-5)13-11-14-18-19(6,7)16(2,3)4/h13H,8-12,14H2,1-7H3/b15-13-. The predicted octanol–water partition coefficient (Wildman–Crippen LogP) is 5.51. The van der Waals surface area contributed by atoms with E-state index in [4.69, 9.17) is 9.16 Å². The molecule has 0 amide bonds. The highest BCUT2D eigenvalue weighted by molar-refractivity contribution is 6.74. The van der Waals surface area contributed by atoms with Crippen LogP contribution in [0, 0.1) is 0 Å². The predicted molar refractivity (Wildman–Crippen MR) is 87.0 cm³/mol. The van der Waals surface area contributed by atoms with Gasteiger partial charge >= 0.3 is 0 Å². The van der Waals surface area contributed by atoms with Crippen molar-refractivity contribution in [3.63, 3.8) is 0 Å². The van der Waals surface area contributed by atoms with Gasteiger partial charge in [0.15, 0.2) is 8.32 Å². The van der Waals surface area contributed by atoms with Gasteiger partial charge in [0.2, 0.25) is 0 Å². The molecule has 2 nitrogen and oxygen atoms in total. The van der Waals surface area contributed by atoms with Gasteiger partial charge in [0.1, 0.15) is 0 Å². The van der Waals surface area contributed by atoms with E-state index in [9.17, 15) is 0 Å². The molecular formula is C16H34O2Si. The lowest BCUT2D eigenvalue weighted by atomic mass is 10.1. The van der Waals surface area contributed by atoms with Crippen molar-refractivity contribution in [2.24, 2.45) is 0 Å². The van der Waals surface area contributed by atoms with Crippen LogP contribution >= 0.6 is 0 Å². The lowest BCUT2D eigenvalue weighted by Crippen LogP contribution is -2.40. The Labute approximate surface area is 121 Å². The van der Waals surface area contributed by atoms with E-state index in [0.29, 0.717) is 5.04 Å². The quantitative estimate of drug-likeness (QED) is 0.316. The van der Waals surface area contributed by atoms with Crippen molar-refractivity contribution in [2.45, 2.75) is 77.9 Å². The lowest BCUT2D eigenvalue weighted by molar-refractivity contribution is 0.264. The number of rotatable bonds is 9. The molecule has 0 aromatic carbocycles. The van der Waals surface area contributed by atoms with Crippen LogP contribution in [0.4, 0.5) is 0 Å². The molecule has 0 aliphatic heterocycles. The first-order valence-corrected chi connectivity index (χ1v) is 10.5. The molecule has 0 rings (SSSR count). The van der Waals surface area contributed by atoms with Gasteiger partial charge in [-0.25, -0.2) is 0 Å². The molecule has 0 fully saturated rings. The zero-order chi connectivity index (χ0) is 14.9. The minimum Gasteiger partial charge on any atom is -0.501 e. The Bertz CT molecular complexity index is 264. The van der Waals surface area contributed by atoms with Gasteiger partial charge < -0.3 is 9.16 Å². The highest BCUT2D eigenvalue weighted by atomic mass is 28.4. The molecule has 0 N–H and O–H groups in total. The Morgan fingerprint density at radius 2 is 1.79 bits per heavy atom. The number of allylic oxidation sites excluding steroid dienone is 1. The molecular weight excluding hydrogens is 252 g/mol. The first-order chi connectivity index (χ1) is 8.74. The van der Waals surface area contributed by atoms with Gasteiger partial charge in [-0.05, 0) is 37.0 Å². The molecule has 0 saturated carbocycles. The molecule has 19 heavy (non-hydrogen) atoms. The SMILES string of the molecule is CCCCC/C(=C/CCO[Si](C)(C)C(C)(C)C)OC. The molecule has 0 aromatic heterocycles. The zero-order valence-corrected chi connectivity index (χ0v) is 15.1. The largest absolute Gasteiger partial charge is 0.501 e. The maximum absolute atomic E-state index is 6.15. The van der Waals surface area contributed by atoms with Gasteiger partial charge in [-0.2, -0.15) is 0 Å². The highest BCUT2D eigenvalue weighted by Crippen LogP contribution is 2.36. The van der Waals surface area contributed by atoms with Crippen molar-refractivity contribution >= 4 is 8.32 Å². The van der Waals surface area contributed by atoms with Gasteiger partial charge in [-0.1, -0.05) is 40.5 Å². The Hall–Kier alpha value is -0.283. The summed E-state index contributed by atoms with van der Waals surface area (Å²) in [7, 11) is 0.182. The summed E-state index contributed by atoms with van der Waals surface area (Å²) in [5, 5.41) is 0.294. The first kappa shape index (κ1) is 18.7. The van der Waals surface area contributed by atoms with E-state index in [1.807, 2.05) is 0 Å². The van der Waals surface area contributed by atoms with Gasteiger partial charge in [0.05, 0.1) is 12.9 Å². The minimum absolute atomic E-state index is 0.294. The lowest BCUT2D eigenvalue weighted by Gasteiger charge is -2.36. The Morgan fingerprint density at radius 1 is 1.16 bits per heavy atom. The Kier molecular flexibility index (Phi) is 8.67. The summed E-state index contributed by atoms with van der Waals surface area (Å²) in [5.74, 6) is 1.12. The van der Waals surface area contributed by atoms with Crippen molar-refractivity contribution in [1.29, 1.82) is 0 Å². The van der Waals surface area contributed by atoms with E-state index in [1.54, 1.807) is 7.11 Å². The van der Waals surface area contributed by atoms with E-state index in [0.717, 1.165) is 25.2 Å². The normalized spacial score (nSPS) is 13.7.